The van der Waals surface area contributed by atoms with Crippen LogP contribution in [0.15, 0.2) is 22.7 Å². The normalized spacial score (nSPS) is 17.1. The number of piperazine rings is 1. The average molecular weight is 276 g/mol. The maximum absolute atomic E-state index is 6.22. The average Bonchev–Trinajstić information content (AvgIpc) is 2.23. The highest BCUT2D eigenvalue weighted by atomic mass is 79.9. The summed E-state index contributed by atoms with van der Waals surface area (Å²) < 4.78 is 0.968. The molecule has 1 heterocycles. The third kappa shape index (κ3) is 2.05. The first kappa shape index (κ1) is 10.3. The van der Waals surface area contributed by atoms with Crippen LogP contribution in [0.3, 0.4) is 0 Å². The van der Waals surface area contributed by atoms with Gasteiger partial charge < -0.3 is 10.2 Å². The lowest BCUT2D eigenvalue weighted by Crippen LogP contribution is -2.43. The highest BCUT2D eigenvalue weighted by Crippen LogP contribution is 2.32. The Balaban J connectivity index is 2.26. The van der Waals surface area contributed by atoms with Crippen LogP contribution < -0.4 is 10.2 Å². The van der Waals surface area contributed by atoms with Gasteiger partial charge in [0.15, 0.2) is 0 Å². The van der Waals surface area contributed by atoms with Gasteiger partial charge in [-0.05, 0) is 28.1 Å². The van der Waals surface area contributed by atoms with E-state index < -0.39 is 0 Å². The van der Waals surface area contributed by atoms with Crippen molar-refractivity contribution in [1.29, 1.82) is 0 Å². The smallest absolute Gasteiger partial charge is 0.0781 e. The summed E-state index contributed by atoms with van der Waals surface area (Å²) >= 11 is 9.66. The molecular formula is C10H12BrClN2. The number of nitrogens with one attached hydrogen (secondary N) is 1. The van der Waals surface area contributed by atoms with Crippen molar-refractivity contribution in [3.8, 4) is 0 Å². The molecule has 0 amide bonds. The Morgan fingerprint density at radius 2 is 2.00 bits per heavy atom. The summed E-state index contributed by atoms with van der Waals surface area (Å²) in [7, 11) is 0. The van der Waals surface area contributed by atoms with E-state index in [1.807, 2.05) is 12.1 Å². The van der Waals surface area contributed by atoms with Crippen molar-refractivity contribution < 1.29 is 0 Å². The molecule has 1 aliphatic heterocycles. The van der Waals surface area contributed by atoms with Crippen molar-refractivity contribution in [2.24, 2.45) is 0 Å². The molecule has 0 unspecified atom stereocenters. The lowest BCUT2D eigenvalue weighted by molar-refractivity contribution is 0.589. The Bertz CT molecular complexity index is 324. The van der Waals surface area contributed by atoms with Gasteiger partial charge in [0.2, 0.25) is 0 Å². The number of hydrogen-bond acceptors (Lipinski definition) is 2. The molecule has 1 N–H and O–H groups in total. The van der Waals surface area contributed by atoms with Gasteiger partial charge in [-0.15, -0.1) is 0 Å². The van der Waals surface area contributed by atoms with E-state index in [0.29, 0.717) is 0 Å². The van der Waals surface area contributed by atoms with Crippen LogP contribution in [-0.4, -0.2) is 26.2 Å². The van der Waals surface area contributed by atoms with E-state index >= 15 is 0 Å². The zero-order valence-corrected chi connectivity index (χ0v) is 10.1. The minimum atomic E-state index is 0.814. The maximum atomic E-state index is 6.22. The molecule has 4 heteroatoms. The molecule has 0 spiro atoms. The van der Waals surface area contributed by atoms with Crippen LogP contribution in [0.4, 0.5) is 5.69 Å². The van der Waals surface area contributed by atoms with Gasteiger partial charge in [0.05, 0.1) is 10.7 Å². The summed E-state index contributed by atoms with van der Waals surface area (Å²) in [6, 6.07) is 6.06. The Morgan fingerprint density at radius 3 is 2.71 bits per heavy atom. The fourth-order valence-corrected chi connectivity index (χ4v) is 2.24. The molecule has 2 rings (SSSR count). The summed E-state index contributed by atoms with van der Waals surface area (Å²) in [5, 5.41) is 4.14. The first-order valence-corrected chi connectivity index (χ1v) is 5.86. The first-order chi connectivity index (χ1) is 6.79. The van der Waals surface area contributed by atoms with Crippen LogP contribution >= 0.6 is 27.5 Å². The number of halogens is 2. The zero-order chi connectivity index (χ0) is 9.97. The summed E-state index contributed by atoms with van der Waals surface area (Å²) in [5.41, 5.74) is 1.13. The topological polar surface area (TPSA) is 15.3 Å². The second-order valence-corrected chi connectivity index (χ2v) is 4.54. The van der Waals surface area contributed by atoms with Crippen LogP contribution in [0.1, 0.15) is 0 Å². The van der Waals surface area contributed by atoms with E-state index in [4.69, 9.17) is 11.6 Å². The van der Waals surface area contributed by atoms with Crippen molar-refractivity contribution >= 4 is 33.2 Å². The van der Waals surface area contributed by atoms with Gasteiger partial charge in [-0.2, -0.15) is 0 Å². The number of anilines is 1. The van der Waals surface area contributed by atoms with E-state index in [-0.39, 0.29) is 0 Å². The predicted molar refractivity (Wildman–Crippen MR) is 64.2 cm³/mol. The van der Waals surface area contributed by atoms with Crippen molar-refractivity contribution in [3.63, 3.8) is 0 Å². The van der Waals surface area contributed by atoms with Crippen LogP contribution in [0.5, 0.6) is 0 Å². The highest BCUT2D eigenvalue weighted by Gasteiger charge is 2.14. The van der Waals surface area contributed by atoms with Crippen molar-refractivity contribution in [1.82, 2.24) is 5.32 Å². The second kappa shape index (κ2) is 4.51. The molecule has 0 bridgehead atoms. The lowest BCUT2D eigenvalue weighted by Gasteiger charge is -2.30. The van der Waals surface area contributed by atoms with Gasteiger partial charge in [0.25, 0.3) is 0 Å². The van der Waals surface area contributed by atoms with Crippen LogP contribution in [0.2, 0.25) is 5.02 Å². The minimum absolute atomic E-state index is 0.814. The van der Waals surface area contributed by atoms with E-state index in [9.17, 15) is 0 Å². The number of hydrogen-bond donors (Lipinski definition) is 1. The van der Waals surface area contributed by atoms with Gasteiger partial charge in [0, 0.05) is 30.7 Å². The maximum Gasteiger partial charge on any atom is 0.0781 e. The van der Waals surface area contributed by atoms with Gasteiger partial charge >= 0.3 is 0 Å². The quantitative estimate of drug-likeness (QED) is 0.847. The van der Waals surface area contributed by atoms with Crippen LogP contribution in [-0.2, 0) is 0 Å². The molecule has 0 radical (unpaired) electrons. The Hall–Kier alpha value is -0.250. The molecule has 1 aromatic carbocycles. The number of benzene rings is 1. The molecular weight excluding hydrogens is 263 g/mol. The first-order valence-electron chi connectivity index (χ1n) is 4.69. The fraction of sp³-hybridized carbons (Fsp3) is 0.400. The van der Waals surface area contributed by atoms with Crippen molar-refractivity contribution in [2.75, 3.05) is 31.1 Å². The molecule has 76 valence electrons. The molecule has 1 fully saturated rings. The van der Waals surface area contributed by atoms with Crippen molar-refractivity contribution in [3.05, 3.63) is 27.7 Å². The molecule has 2 nitrogen and oxygen atoms in total. The van der Waals surface area contributed by atoms with Crippen LogP contribution in [0.25, 0.3) is 0 Å². The van der Waals surface area contributed by atoms with Gasteiger partial charge in [0.1, 0.15) is 0 Å². The zero-order valence-electron chi connectivity index (χ0n) is 7.76. The third-order valence-corrected chi connectivity index (χ3v) is 3.68. The van der Waals surface area contributed by atoms with E-state index in [1.165, 1.54) is 0 Å². The summed E-state index contributed by atoms with van der Waals surface area (Å²) in [6.07, 6.45) is 0. The van der Waals surface area contributed by atoms with Gasteiger partial charge in [-0.1, -0.05) is 17.7 Å². The van der Waals surface area contributed by atoms with Gasteiger partial charge in [-0.3, -0.25) is 0 Å². The SMILES string of the molecule is Clc1c(Br)cccc1N1CCNCC1. The number of rotatable bonds is 1. The Morgan fingerprint density at radius 1 is 1.29 bits per heavy atom. The molecule has 1 aliphatic rings. The highest BCUT2D eigenvalue weighted by molar-refractivity contribution is 9.10. The van der Waals surface area contributed by atoms with E-state index in [0.717, 1.165) is 41.4 Å². The van der Waals surface area contributed by atoms with Crippen LogP contribution in [0, 0.1) is 0 Å². The standard InChI is InChI=1S/C10H12BrClN2/c11-8-2-1-3-9(10(8)12)14-6-4-13-5-7-14/h1-3,13H,4-7H2. The molecule has 1 aromatic rings. The summed E-state index contributed by atoms with van der Waals surface area (Å²) in [6.45, 7) is 4.11. The van der Waals surface area contributed by atoms with Gasteiger partial charge in [-0.25, -0.2) is 0 Å². The Labute approximate surface area is 97.4 Å². The molecule has 0 saturated carbocycles. The predicted octanol–water partition coefficient (Wildman–Crippen LogP) is 2.51. The Kier molecular flexibility index (Phi) is 3.31. The molecule has 14 heavy (non-hydrogen) atoms. The van der Waals surface area contributed by atoms with Crippen molar-refractivity contribution in [2.45, 2.75) is 0 Å². The van der Waals surface area contributed by atoms with E-state index in [1.54, 1.807) is 0 Å². The fourth-order valence-electron chi connectivity index (χ4n) is 1.64. The summed E-state index contributed by atoms with van der Waals surface area (Å²) in [5.74, 6) is 0. The number of nitrogens with zero attached hydrogens (tertiary/aromatic N) is 1. The second-order valence-electron chi connectivity index (χ2n) is 3.31. The lowest BCUT2D eigenvalue weighted by atomic mass is 10.2. The molecule has 0 atom stereocenters. The summed E-state index contributed by atoms with van der Waals surface area (Å²) in [4.78, 5) is 2.31. The minimum Gasteiger partial charge on any atom is -0.368 e. The molecule has 0 aromatic heterocycles. The molecule has 1 saturated heterocycles. The molecule has 0 aliphatic carbocycles. The monoisotopic (exact) mass is 274 g/mol. The third-order valence-electron chi connectivity index (χ3n) is 2.39. The largest absolute Gasteiger partial charge is 0.368 e. The van der Waals surface area contributed by atoms with E-state index in [2.05, 4.69) is 32.2 Å².